The topological polar surface area (TPSA) is 59.3 Å². The summed E-state index contributed by atoms with van der Waals surface area (Å²) in [4.78, 5) is 23.0. The number of nitrogens with zero attached hydrogens (tertiary/aromatic N) is 1. The van der Waals surface area contributed by atoms with Crippen LogP contribution in [0.1, 0.15) is 11.1 Å². The van der Waals surface area contributed by atoms with Gasteiger partial charge in [-0.05, 0) is 40.5 Å². The summed E-state index contributed by atoms with van der Waals surface area (Å²) in [5.41, 5.74) is 3.34. The Hall–Kier alpha value is -2.85. The van der Waals surface area contributed by atoms with Gasteiger partial charge in [-0.1, -0.05) is 48.0 Å². The van der Waals surface area contributed by atoms with E-state index in [4.69, 9.17) is 16.7 Å². The first-order valence-corrected chi connectivity index (χ1v) is 8.15. The van der Waals surface area contributed by atoms with Crippen LogP contribution in [-0.2, 0) is 17.8 Å². The van der Waals surface area contributed by atoms with Crippen molar-refractivity contribution >= 4 is 17.6 Å². The molecule has 4 nitrogen and oxygen atoms in total. The predicted octanol–water partition coefficient (Wildman–Crippen LogP) is 3.84. The monoisotopic (exact) mass is 353 g/mol. The van der Waals surface area contributed by atoms with Gasteiger partial charge in [-0.2, -0.15) is 0 Å². The number of rotatable bonds is 5. The van der Waals surface area contributed by atoms with E-state index >= 15 is 0 Å². The highest BCUT2D eigenvalue weighted by atomic mass is 35.5. The maximum atomic E-state index is 12.1. The fourth-order valence-electron chi connectivity index (χ4n) is 2.65. The number of carboxylic acids is 1. The minimum Gasteiger partial charge on any atom is -0.481 e. The van der Waals surface area contributed by atoms with Gasteiger partial charge in [-0.15, -0.1) is 0 Å². The summed E-state index contributed by atoms with van der Waals surface area (Å²) in [6.07, 6.45) is 1.76. The first-order chi connectivity index (χ1) is 12.0. The van der Waals surface area contributed by atoms with Gasteiger partial charge in [-0.25, -0.2) is 0 Å². The highest BCUT2D eigenvalue weighted by molar-refractivity contribution is 6.30. The maximum absolute atomic E-state index is 12.1. The molecule has 0 amide bonds. The predicted molar refractivity (Wildman–Crippen MR) is 98.0 cm³/mol. The quantitative estimate of drug-likeness (QED) is 0.758. The molecule has 3 rings (SSSR count). The van der Waals surface area contributed by atoms with Crippen LogP contribution in [0.15, 0.2) is 71.7 Å². The standard InChI is InChI=1S/C20H16ClNO3/c21-18-7-4-14(5-8-18)12-22-13-17(6-9-19(22)23)16-3-1-2-15(10-16)11-20(24)25/h1-10,13H,11-12H2,(H,24,25). The van der Waals surface area contributed by atoms with Crippen molar-refractivity contribution in [3.63, 3.8) is 0 Å². The number of hydrogen-bond acceptors (Lipinski definition) is 2. The maximum Gasteiger partial charge on any atom is 0.307 e. The molecule has 0 saturated carbocycles. The van der Waals surface area contributed by atoms with Crippen molar-refractivity contribution in [1.29, 1.82) is 0 Å². The lowest BCUT2D eigenvalue weighted by Crippen LogP contribution is -2.19. The lowest BCUT2D eigenvalue weighted by Gasteiger charge is -2.10. The Morgan fingerprint density at radius 3 is 2.44 bits per heavy atom. The van der Waals surface area contributed by atoms with E-state index in [1.54, 1.807) is 35.0 Å². The molecule has 0 aliphatic carbocycles. The van der Waals surface area contributed by atoms with Gasteiger partial charge in [0.15, 0.2) is 0 Å². The molecule has 1 aromatic heterocycles. The summed E-state index contributed by atoms with van der Waals surface area (Å²) < 4.78 is 1.63. The highest BCUT2D eigenvalue weighted by Gasteiger charge is 2.06. The van der Waals surface area contributed by atoms with Crippen molar-refractivity contribution in [1.82, 2.24) is 4.57 Å². The third kappa shape index (κ3) is 4.37. The van der Waals surface area contributed by atoms with Gasteiger partial charge in [0, 0.05) is 17.3 Å². The molecule has 0 radical (unpaired) electrons. The van der Waals surface area contributed by atoms with Gasteiger partial charge < -0.3 is 9.67 Å². The van der Waals surface area contributed by atoms with E-state index in [0.717, 1.165) is 22.3 Å². The Bertz CT molecular complexity index is 961. The van der Waals surface area contributed by atoms with E-state index in [1.807, 2.05) is 30.3 Å². The van der Waals surface area contributed by atoms with Crippen LogP contribution in [-0.4, -0.2) is 15.6 Å². The number of halogens is 1. The molecule has 0 spiro atoms. The van der Waals surface area contributed by atoms with Crippen molar-refractivity contribution in [2.24, 2.45) is 0 Å². The Balaban J connectivity index is 1.92. The normalized spacial score (nSPS) is 10.6. The number of pyridine rings is 1. The molecule has 0 aliphatic heterocycles. The van der Waals surface area contributed by atoms with Gasteiger partial charge in [0.25, 0.3) is 5.56 Å². The average molecular weight is 354 g/mol. The molecular formula is C20H16ClNO3. The summed E-state index contributed by atoms with van der Waals surface area (Å²) in [6.45, 7) is 0.443. The van der Waals surface area contributed by atoms with Crippen molar-refractivity contribution in [3.8, 4) is 11.1 Å². The second-order valence-corrected chi connectivity index (χ2v) is 6.22. The minimum atomic E-state index is -0.871. The first kappa shape index (κ1) is 17.0. The largest absolute Gasteiger partial charge is 0.481 e. The molecule has 5 heteroatoms. The van der Waals surface area contributed by atoms with Crippen molar-refractivity contribution in [3.05, 3.63) is 93.4 Å². The van der Waals surface area contributed by atoms with E-state index < -0.39 is 5.97 Å². The zero-order valence-electron chi connectivity index (χ0n) is 13.4. The molecule has 0 aliphatic rings. The molecule has 1 N–H and O–H groups in total. The molecule has 0 atom stereocenters. The Morgan fingerprint density at radius 1 is 0.960 bits per heavy atom. The Morgan fingerprint density at radius 2 is 1.72 bits per heavy atom. The summed E-state index contributed by atoms with van der Waals surface area (Å²) in [7, 11) is 0. The van der Waals surface area contributed by atoms with Crippen LogP contribution in [0.5, 0.6) is 0 Å². The van der Waals surface area contributed by atoms with E-state index in [-0.39, 0.29) is 12.0 Å². The van der Waals surface area contributed by atoms with Crippen molar-refractivity contribution < 1.29 is 9.90 Å². The third-order valence-corrected chi connectivity index (χ3v) is 4.12. The number of carboxylic acid groups (broad SMARTS) is 1. The molecule has 2 aromatic carbocycles. The smallest absolute Gasteiger partial charge is 0.307 e. The van der Waals surface area contributed by atoms with Gasteiger partial charge in [-0.3, -0.25) is 9.59 Å². The lowest BCUT2D eigenvalue weighted by molar-refractivity contribution is -0.136. The van der Waals surface area contributed by atoms with Crippen LogP contribution in [0.25, 0.3) is 11.1 Å². The van der Waals surface area contributed by atoms with E-state index in [1.165, 1.54) is 6.07 Å². The number of aliphatic carboxylic acids is 1. The van der Waals surface area contributed by atoms with Crippen LogP contribution in [0, 0.1) is 0 Å². The van der Waals surface area contributed by atoms with Gasteiger partial charge in [0.2, 0.25) is 0 Å². The summed E-state index contributed by atoms with van der Waals surface area (Å²) in [5, 5.41) is 9.59. The van der Waals surface area contributed by atoms with E-state index in [9.17, 15) is 9.59 Å². The highest BCUT2D eigenvalue weighted by Crippen LogP contribution is 2.20. The van der Waals surface area contributed by atoms with Crippen LogP contribution in [0.2, 0.25) is 5.02 Å². The Labute approximate surface area is 149 Å². The number of benzene rings is 2. The van der Waals surface area contributed by atoms with Crippen molar-refractivity contribution in [2.75, 3.05) is 0 Å². The second kappa shape index (κ2) is 7.36. The first-order valence-electron chi connectivity index (χ1n) is 7.77. The SMILES string of the molecule is O=C(O)Cc1cccc(-c2ccc(=O)n(Cc3ccc(Cl)cc3)c2)c1. The third-order valence-electron chi connectivity index (χ3n) is 3.87. The minimum absolute atomic E-state index is 0.0295. The lowest BCUT2D eigenvalue weighted by atomic mass is 10.0. The Kier molecular flexibility index (Phi) is 5.00. The van der Waals surface area contributed by atoms with E-state index in [0.29, 0.717) is 11.6 Å². The summed E-state index contributed by atoms with van der Waals surface area (Å²) in [5.74, 6) is -0.871. The van der Waals surface area contributed by atoms with Crippen LogP contribution in [0.3, 0.4) is 0 Å². The van der Waals surface area contributed by atoms with Gasteiger partial charge >= 0.3 is 5.97 Å². The fraction of sp³-hybridized carbons (Fsp3) is 0.100. The van der Waals surface area contributed by atoms with Crippen LogP contribution in [0.4, 0.5) is 0 Å². The molecule has 0 saturated heterocycles. The number of aromatic nitrogens is 1. The van der Waals surface area contributed by atoms with Gasteiger partial charge in [0.05, 0.1) is 13.0 Å². The van der Waals surface area contributed by atoms with E-state index in [2.05, 4.69) is 0 Å². The second-order valence-electron chi connectivity index (χ2n) is 5.78. The van der Waals surface area contributed by atoms with Gasteiger partial charge in [0.1, 0.15) is 0 Å². The molecule has 126 valence electrons. The molecule has 25 heavy (non-hydrogen) atoms. The molecule has 0 bridgehead atoms. The van der Waals surface area contributed by atoms with Crippen LogP contribution < -0.4 is 5.56 Å². The zero-order chi connectivity index (χ0) is 17.8. The fourth-order valence-corrected chi connectivity index (χ4v) is 2.77. The zero-order valence-corrected chi connectivity index (χ0v) is 14.1. The molecular weight excluding hydrogens is 338 g/mol. The number of hydrogen-bond donors (Lipinski definition) is 1. The molecule has 1 heterocycles. The van der Waals surface area contributed by atoms with Crippen molar-refractivity contribution in [2.45, 2.75) is 13.0 Å². The molecule has 0 fully saturated rings. The number of carbonyl (C=O) groups is 1. The summed E-state index contributed by atoms with van der Waals surface area (Å²) in [6, 6.07) is 18.0. The summed E-state index contributed by atoms with van der Waals surface area (Å²) >= 11 is 5.89. The molecule has 0 unspecified atom stereocenters. The molecule has 3 aromatic rings. The van der Waals surface area contributed by atoms with Crippen LogP contribution >= 0.6 is 11.6 Å². The average Bonchev–Trinajstić information content (AvgIpc) is 2.58.